The van der Waals surface area contributed by atoms with Crippen LogP contribution in [0.4, 0.5) is 5.69 Å². The largest absolute Gasteiger partial charge is 0.494 e. The molecule has 3 heteroatoms. The lowest BCUT2D eigenvalue weighted by Gasteiger charge is -2.05. The molecule has 1 aromatic carbocycles. The summed E-state index contributed by atoms with van der Waals surface area (Å²) in [6, 6.07) is 6.53. The number of nitrogens with two attached hydrogens (primary N) is 1. The van der Waals surface area contributed by atoms with Crippen LogP contribution in [-0.4, -0.2) is 6.61 Å². The molecule has 2 N–H and O–H groups in total. The van der Waals surface area contributed by atoms with Gasteiger partial charge < -0.3 is 10.5 Å². The lowest BCUT2D eigenvalue weighted by molar-refractivity contribution is 0.304. The molecule has 0 atom stereocenters. The molecule has 0 saturated carbocycles. The smallest absolute Gasteiger partial charge is 0.201 e. The van der Waals surface area contributed by atoms with Crippen LogP contribution >= 0.6 is 0 Å². The summed E-state index contributed by atoms with van der Waals surface area (Å²) in [5.41, 5.74) is 5.68. The second-order valence-electron chi connectivity index (χ2n) is 6.63. The fourth-order valence-electron chi connectivity index (χ4n) is 2.79. The van der Waals surface area contributed by atoms with E-state index in [9.17, 15) is 4.79 Å². The maximum Gasteiger partial charge on any atom is 0.201 e. The molecule has 0 aliphatic rings. The molecule has 0 spiro atoms. The van der Waals surface area contributed by atoms with Gasteiger partial charge in [0.05, 0.1) is 12.3 Å². The van der Waals surface area contributed by atoms with Crippen LogP contribution in [0, 0.1) is 0 Å². The van der Waals surface area contributed by atoms with Crippen LogP contribution in [0.1, 0.15) is 84.0 Å². The van der Waals surface area contributed by atoms with E-state index in [0.29, 0.717) is 12.4 Å². The van der Waals surface area contributed by atoms with Gasteiger partial charge in [0.2, 0.25) is 5.43 Å². The Hall–Kier alpha value is -1.51. The Morgan fingerprint density at radius 1 is 0.750 bits per heavy atom. The molecule has 1 aromatic rings. The van der Waals surface area contributed by atoms with E-state index in [2.05, 4.69) is 6.92 Å². The molecule has 0 radical (unpaired) electrons. The Kier molecular flexibility index (Phi) is 11.9. The van der Waals surface area contributed by atoms with Crippen molar-refractivity contribution in [3.8, 4) is 5.75 Å². The van der Waals surface area contributed by atoms with Gasteiger partial charge in [0.15, 0.2) is 0 Å². The fourth-order valence-corrected chi connectivity index (χ4v) is 2.79. The number of hydrogen-bond acceptors (Lipinski definition) is 3. The lowest BCUT2D eigenvalue weighted by atomic mass is 10.1. The number of unbranched alkanes of at least 4 members (excludes halogenated alkanes) is 11. The lowest BCUT2D eigenvalue weighted by Crippen LogP contribution is -2.01. The van der Waals surface area contributed by atoms with Gasteiger partial charge in [0.1, 0.15) is 5.75 Å². The Morgan fingerprint density at radius 2 is 1.25 bits per heavy atom. The van der Waals surface area contributed by atoms with Crippen molar-refractivity contribution in [2.45, 2.75) is 84.0 Å². The van der Waals surface area contributed by atoms with Gasteiger partial charge in [-0.3, -0.25) is 4.79 Å². The van der Waals surface area contributed by atoms with Crippen LogP contribution in [-0.2, 0) is 0 Å². The van der Waals surface area contributed by atoms with Crippen molar-refractivity contribution in [1.82, 2.24) is 0 Å². The standard InChI is InChI=1S/C21H35NO2/c1-2-3-4-5-6-7-8-9-10-11-12-13-18-24-19-14-16-20(22)21(23)17-15-19/h14-17H,2-13,18H2,1H3,(H2,22,23). The first kappa shape index (κ1) is 20.5. The molecular formula is C21H35NO2. The van der Waals surface area contributed by atoms with Crippen LogP contribution in [0.2, 0.25) is 0 Å². The third-order valence-electron chi connectivity index (χ3n) is 4.38. The van der Waals surface area contributed by atoms with E-state index in [1.54, 1.807) is 18.2 Å². The first-order valence-electron chi connectivity index (χ1n) is 9.76. The van der Waals surface area contributed by atoms with Crippen LogP contribution in [0.3, 0.4) is 0 Å². The Morgan fingerprint density at radius 3 is 1.83 bits per heavy atom. The predicted octanol–water partition coefficient (Wildman–Crippen LogP) is 5.71. The van der Waals surface area contributed by atoms with Crippen molar-refractivity contribution in [2.75, 3.05) is 12.3 Å². The Balaban J connectivity index is 1.92. The van der Waals surface area contributed by atoms with E-state index in [-0.39, 0.29) is 11.1 Å². The van der Waals surface area contributed by atoms with Gasteiger partial charge in [-0.2, -0.15) is 0 Å². The zero-order valence-electron chi connectivity index (χ0n) is 15.4. The molecule has 0 saturated heterocycles. The molecule has 24 heavy (non-hydrogen) atoms. The molecule has 1 rings (SSSR count). The topological polar surface area (TPSA) is 52.3 Å². The highest BCUT2D eigenvalue weighted by Gasteiger charge is 1.96. The van der Waals surface area contributed by atoms with E-state index >= 15 is 0 Å². The summed E-state index contributed by atoms with van der Waals surface area (Å²) in [6.07, 6.45) is 16.1. The first-order valence-corrected chi connectivity index (χ1v) is 9.76. The normalized spacial score (nSPS) is 10.7. The Labute approximate surface area is 147 Å². The highest BCUT2D eigenvalue weighted by Crippen LogP contribution is 2.13. The van der Waals surface area contributed by atoms with Gasteiger partial charge in [0.25, 0.3) is 0 Å². The maximum absolute atomic E-state index is 11.4. The molecular weight excluding hydrogens is 298 g/mol. The molecule has 0 unspecified atom stereocenters. The summed E-state index contributed by atoms with van der Waals surface area (Å²) in [7, 11) is 0. The highest BCUT2D eigenvalue weighted by molar-refractivity contribution is 5.39. The summed E-state index contributed by atoms with van der Waals surface area (Å²) < 4.78 is 5.67. The van der Waals surface area contributed by atoms with Gasteiger partial charge in [-0.25, -0.2) is 0 Å². The summed E-state index contributed by atoms with van der Waals surface area (Å²) in [5.74, 6) is 0.715. The third-order valence-corrected chi connectivity index (χ3v) is 4.38. The molecule has 0 fully saturated rings. The van der Waals surface area contributed by atoms with Gasteiger partial charge in [-0.1, -0.05) is 77.6 Å². The molecule has 136 valence electrons. The van der Waals surface area contributed by atoms with Crippen molar-refractivity contribution < 1.29 is 4.74 Å². The number of nitrogen functional groups attached to an aromatic ring is 1. The highest BCUT2D eigenvalue weighted by atomic mass is 16.5. The number of rotatable bonds is 14. The molecule has 0 amide bonds. The number of ether oxygens (including phenoxy) is 1. The molecule has 0 aliphatic heterocycles. The Bertz CT molecular complexity index is 488. The van der Waals surface area contributed by atoms with Crippen LogP contribution in [0.25, 0.3) is 0 Å². The SMILES string of the molecule is CCCCCCCCCCCCCCOc1ccc(N)c(=O)cc1. The summed E-state index contributed by atoms with van der Waals surface area (Å²) >= 11 is 0. The van der Waals surface area contributed by atoms with Crippen LogP contribution in [0.5, 0.6) is 5.75 Å². The zero-order chi connectivity index (χ0) is 17.5. The van der Waals surface area contributed by atoms with Crippen molar-refractivity contribution in [1.29, 1.82) is 0 Å². The second kappa shape index (κ2) is 13.9. The quantitative estimate of drug-likeness (QED) is 0.444. The van der Waals surface area contributed by atoms with Crippen LogP contribution in [0.15, 0.2) is 29.1 Å². The predicted molar refractivity (Wildman–Crippen MR) is 104 cm³/mol. The minimum absolute atomic E-state index is 0.157. The molecule has 0 aromatic heterocycles. The maximum atomic E-state index is 11.4. The van der Waals surface area contributed by atoms with Crippen molar-refractivity contribution in [2.24, 2.45) is 0 Å². The van der Waals surface area contributed by atoms with E-state index in [1.165, 1.54) is 76.7 Å². The molecule has 0 bridgehead atoms. The van der Waals surface area contributed by atoms with Gasteiger partial charge in [-0.15, -0.1) is 0 Å². The first-order chi connectivity index (χ1) is 11.7. The summed E-state index contributed by atoms with van der Waals surface area (Å²) in [5, 5.41) is 0. The van der Waals surface area contributed by atoms with Crippen molar-refractivity contribution in [3.05, 3.63) is 34.5 Å². The minimum Gasteiger partial charge on any atom is -0.494 e. The van der Waals surface area contributed by atoms with E-state index in [1.807, 2.05) is 0 Å². The monoisotopic (exact) mass is 333 g/mol. The number of anilines is 1. The van der Waals surface area contributed by atoms with E-state index in [0.717, 1.165) is 6.42 Å². The van der Waals surface area contributed by atoms with Gasteiger partial charge in [-0.05, 0) is 30.7 Å². The van der Waals surface area contributed by atoms with Gasteiger partial charge >= 0.3 is 0 Å². The molecule has 0 heterocycles. The number of hydrogen-bond donors (Lipinski definition) is 1. The zero-order valence-corrected chi connectivity index (χ0v) is 15.4. The van der Waals surface area contributed by atoms with E-state index < -0.39 is 0 Å². The summed E-state index contributed by atoms with van der Waals surface area (Å²) in [4.78, 5) is 11.4. The molecule has 0 aliphatic carbocycles. The van der Waals surface area contributed by atoms with E-state index in [4.69, 9.17) is 10.5 Å². The minimum atomic E-state index is -0.157. The average Bonchev–Trinajstić information content (AvgIpc) is 2.74. The second-order valence-corrected chi connectivity index (χ2v) is 6.63. The van der Waals surface area contributed by atoms with Gasteiger partial charge in [0, 0.05) is 0 Å². The summed E-state index contributed by atoms with van der Waals surface area (Å²) in [6.45, 7) is 2.97. The average molecular weight is 334 g/mol. The van der Waals surface area contributed by atoms with Crippen molar-refractivity contribution in [3.63, 3.8) is 0 Å². The van der Waals surface area contributed by atoms with Crippen LogP contribution < -0.4 is 15.9 Å². The fraction of sp³-hybridized carbons (Fsp3) is 0.667. The third kappa shape index (κ3) is 10.3. The molecule has 3 nitrogen and oxygen atoms in total. The van der Waals surface area contributed by atoms with Crippen molar-refractivity contribution >= 4 is 5.69 Å².